The van der Waals surface area contributed by atoms with Gasteiger partial charge in [-0.15, -0.1) is 0 Å². The Labute approximate surface area is 202 Å². The lowest BCUT2D eigenvalue weighted by atomic mass is 10.1. The maximum Gasteiger partial charge on any atom is 0.470 e. The first-order valence-corrected chi connectivity index (χ1v) is 14.4. The van der Waals surface area contributed by atoms with Crippen molar-refractivity contribution in [2.75, 3.05) is 34.3 Å². The summed E-state index contributed by atoms with van der Waals surface area (Å²) in [5.41, 5.74) is 0. The molecule has 7 nitrogen and oxygen atoms in total. The van der Waals surface area contributed by atoms with E-state index in [0.717, 1.165) is 25.7 Å². The molecular formula is C25H51NO6P+. The highest BCUT2D eigenvalue weighted by Gasteiger charge is 2.27. The zero-order valence-corrected chi connectivity index (χ0v) is 22.6. The van der Waals surface area contributed by atoms with Crippen LogP contribution in [0.3, 0.4) is 0 Å². The number of phosphoric ester groups is 1. The number of quaternary nitrogens is 1. The van der Waals surface area contributed by atoms with Crippen molar-refractivity contribution in [2.45, 2.75) is 109 Å². The summed E-state index contributed by atoms with van der Waals surface area (Å²) in [5, 5.41) is 0. The van der Waals surface area contributed by atoms with Crippen LogP contribution in [0.2, 0.25) is 0 Å². The maximum atomic E-state index is 11.9. The predicted molar refractivity (Wildman–Crippen MR) is 135 cm³/mol. The molecule has 8 heteroatoms. The minimum absolute atomic E-state index is 0.106. The van der Waals surface area contributed by atoms with E-state index < -0.39 is 13.9 Å². The topological polar surface area (TPSA) is 93.1 Å². The highest BCUT2D eigenvalue weighted by atomic mass is 31.2. The van der Waals surface area contributed by atoms with Gasteiger partial charge in [0.25, 0.3) is 0 Å². The molecule has 0 heterocycles. The minimum Gasteiger partial charge on any atom is -0.466 e. The number of allylic oxidation sites excluding steroid dienone is 2. The molecule has 0 aromatic heterocycles. The summed E-state index contributed by atoms with van der Waals surface area (Å²) in [7, 11) is 1.16. The van der Waals surface area contributed by atoms with Crippen LogP contribution in [0, 0.1) is 0 Å². The molecule has 0 saturated carbocycles. The van der Waals surface area contributed by atoms with Gasteiger partial charge in [0.1, 0.15) is 12.6 Å². The molecule has 0 rings (SSSR count). The Bertz CT molecular complexity index is 556. The lowest BCUT2D eigenvalue weighted by Crippen LogP contribution is -2.42. The Morgan fingerprint density at radius 3 is 1.91 bits per heavy atom. The van der Waals surface area contributed by atoms with Crippen LogP contribution in [0.25, 0.3) is 0 Å². The molecule has 0 saturated heterocycles. The second kappa shape index (κ2) is 19.6. The average molecular weight is 493 g/mol. The first-order chi connectivity index (χ1) is 15.5. The second-order valence-corrected chi connectivity index (χ2v) is 11.2. The number of nitrogens with zero attached hydrogens (tertiary/aromatic N) is 1. The van der Waals surface area contributed by atoms with Gasteiger partial charge in [-0.05, 0) is 32.1 Å². The standard InChI is InChI=1S/C25H50NO6P/c1-5-6-7-8-9-10-11-12-13-14-15-16-17-18-19-20-25(27)31-22-21-24(23-26(2,3)4)32-33(28,29)30/h12-13,24H,5-11,14-23H2,1-4H3,(H-,28,29,30)/p+1. The SMILES string of the molecule is CCCCCCCCC=CCCCCCCCC(=O)OCCC(C[N+](C)(C)C)OP(=O)(O)O. The monoisotopic (exact) mass is 492 g/mol. The molecule has 0 spiro atoms. The van der Waals surface area contributed by atoms with Gasteiger partial charge in [-0.25, -0.2) is 4.57 Å². The van der Waals surface area contributed by atoms with Crippen LogP contribution in [0.5, 0.6) is 0 Å². The molecule has 196 valence electrons. The van der Waals surface area contributed by atoms with Crippen LogP contribution >= 0.6 is 7.82 Å². The lowest BCUT2D eigenvalue weighted by molar-refractivity contribution is -0.873. The number of likely N-dealkylation sites (N-methyl/N-ethyl adjacent to an activating group) is 1. The fourth-order valence-corrected chi connectivity index (χ4v) is 4.26. The van der Waals surface area contributed by atoms with E-state index in [1.54, 1.807) is 0 Å². The molecule has 33 heavy (non-hydrogen) atoms. The van der Waals surface area contributed by atoms with E-state index in [0.29, 0.717) is 17.4 Å². The molecule has 1 unspecified atom stereocenters. The zero-order chi connectivity index (χ0) is 25.0. The summed E-state index contributed by atoms with van der Waals surface area (Å²) in [5.74, 6) is -0.257. The third kappa shape index (κ3) is 25.7. The highest BCUT2D eigenvalue weighted by molar-refractivity contribution is 7.46. The summed E-state index contributed by atoms with van der Waals surface area (Å²) >= 11 is 0. The number of hydrogen-bond donors (Lipinski definition) is 2. The van der Waals surface area contributed by atoms with Gasteiger partial charge in [0.05, 0.1) is 27.7 Å². The maximum absolute atomic E-state index is 11.9. The van der Waals surface area contributed by atoms with Crippen molar-refractivity contribution >= 4 is 13.8 Å². The highest BCUT2D eigenvalue weighted by Crippen LogP contribution is 2.38. The molecule has 0 aliphatic heterocycles. The average Bonchev–Trinajstić information content (AvgIpc) is 2.68. The number of carbonyl (C=O) groups is 1. The number of phosphoric acid groups is 1. The molecule has 0 aromatic rings. The smallest absolute Gasteiger partial charge is 0.466 e. The third-order valence-electron chi connectivity index (χ3n) is 5.38. The van der Waals surface area contributed by atoms with Crippen LogP contribution in [0.15, 0.2) is 12.2 Å². The van der Waals surface area contributed by atoms with Gasteiger partial charge in [-0.2, -0.15) is 0 Å². The Kier molecular flexibility index (Phi) is 19.1. The number of unbranched alkanes of at least 4 members (excludes halogenated alkanes) is 11. The summed E-state index contributed by atoms with van der Waals surface area (Å²) in [6.45, 7) is 2.77. The van der Waals surface area contributed by atoms with E-state index in [4.69, 9.17) is 19.0 Å². The molecule has 0 aliphatic rings. The summed E-state index contributed by atoms with van der Waals surface area (Å²) < 4.78 is 21.7. The first kappa shape index (κ1) is 32.3. The molecule has 0 radical (unpaired) electrons. The summed E-state index contributed by atoms with van der Waals surface area (Å²) in [6, 6.07) is 0. The van der Waals surface area contributed by atoms with Gasteiger partial charge in [-0.1, -0.05) is 70.4 Å². The fourth-order valence-electron chi connectivity index (χ4n) is 3.70. The lowest BCUT2D eigenvalue weighted by Gasteiger charge is -2.29. The normalized spacial score (nSPS) is 13.5. The molecule has 1 atom stereocenters. The molecule has 0 amide bonds. The third-order valence-corrected chi connectivity index (χ3v) is 5.96. The Morgan fingerprint density at radius 1 is 0.879 bits per heavy atom. The van der Waals surface area contributed by atoms with Crippen LogP contribution in [-0.4, -0.2) is 60.6 Å². The van der Waals surface area contributed by atoms with E-state index >= 15 is 0 Å². The number of carbonyl (C=O) groups excluding carboxylic acids is 1. The summed E-state index contributed by atoms with van der Waals surface area (Å²) in [4.78, 5) is 30.0. The largest absolute Gasteiger partial charge is 0.470 e. The second-order valence-electron chi connectivity index (χ2n) is 10.0. The number of hydrogen-bond acceptors (Lipinski definition) is 4. The molecule has 0 aliphatic carbocycles. The van der Waals surface area contributed by atoms with Crippen molar-refractivity contribution in [2.24, 2.45) is 0 Å². The number of rotatable bonds is 22. The molecule has 0 aromatic carbocycles. The Hall–Kier alpha value is -0.720. The van der Waals surface area contributed by atoms with Crippen molar-refractivity contribution in [3.63, 3.8) is 0 Å². The molecule has 0 fully saturated rings. The van der Waals surface area contributed by atoms with Crippen LogP contribution in [0.4, 0.5) is 0 Å². The van der Waals surface area contributed by atoms with E-state index in [-0.39, 0.29) is 19.0 Å². The number of ether oxygens (including phenoxy) is 1. The van der Waals surface area contributed by atoms with Crippen LogP contribution in [-0.2, 0) is 18.6 Å². The number of esters is 1. The fraction of sp³-hybridized carbons (Fsp3) is 0.880. The van der Waals surface area contributed by atoms with E-state index in [1.165, 1.54) is 57.8 Å². The van der Waals surface area contributed by atoms with Crippen LogP contribution < -0.4 is 0 Å². The first-order valence-electron chi connectivity index (χ1n) is 12.9. The molecular weight excluding hydrogens is 441 g/mol. The van der Waals surface area contributed by atoms with Crippen LogP contribution in [0.1, 0.15) is 103 Å². The predicted octanol–water partition coefficient (Wildman–Crippen LogP) is 6.14. The van der Waals surface area contributed by atoms with E-state index in [9.17, 15) is 9.36 Å². The summed E-state index contributed by atoms with van der Waals surface area (Å²) in [6.07, 6.45) is 20.4. The molecule has 0 bridgehead atoms. The van der Waals surface area contributed by atoms with Crippen molar-refractivity contribution in [1.82, 2.24) is 0 Å². The van der Waals surface area contributed by atoms with Gasteiger partial charge < -0.3 is 19.0 Å². The minimum atomic E-state index is -4.57. The van der Waals surface area contributed by atoms with E-state index in [1.807, 2.05) is 21.1 Å². The Morgan fingerprint density at radius 2 is 1.39 bits per heavy atom. The molecule has 2 N–H and O–H groups in total. The van der Waals surface area contributed by atoms with Crippen molar-refractivity contribution in [1.29, 1.82) is 0 Å². The quantitative estimate of drug-likeness (QED) is 0.0620. The van der Waals surface area contributed by atoms with Gasteiger partial charge >= 0.3 is 13.8 Å². The van der Waals surface area contributed by atoms with Gasteiger partial charge in [0.2, 0.25) is 0 Å². The van der Waals surface area contributed by atoms with E-state index in [2.05, 4.69) is 19.1 Å². The van der Waals surface area contributed by atoms with Gasteiger partial charge in [-0.3, -0.25) is 9.32 Å². The van der Waals surface area contributed by atoms with Crippen molar-refractivity contribution < 1.29 is 32.9 Å². The van der Waals surface area contributed by atoms with Crippen molar-refractivity contribution in [3.8, 4) is 0 Å². The van der Waals surface area contributed by atoms with Gasteiger partial charge in [0, 0.05) is 12.8 Å². The Balaban J connectivity index is 3.68. The van der Waals surface area contributed by atoms with Crippen molar-refractivity contribution in [3.05, 3.63) is 12.2 Å². The zero-order valence-electron chi connectivity index (χ0n) is 21.7. The van der Waals surface area contributed by atoms with Gasteiger partial charge in [0.15, 0.2) is 0 Å².